The second kappa shape index (κ2) is 7.02. The minimum atomic E-state index is -0.213. The number of anilines is 1. The van der Waals surface area contributed by atoms with Crippen molar-refractivity contribution < 1.29 is 9.90 Å². The summed E-state index contributed by atoms with van der Waals surface area (Å²) in [4.78, 5) is 14.2. The van der Waals surface area contributed by atoms with Crippen molar-refractivity contribution in [2.75, 3.05) is 25.0 Å². The van der Waals surface area contributed by atoms with Crippen LogP contribution in [0.1, 0.15) is 18.4 Å². The molecule has 1 aromatic rings. The molecule has 20 heavy (non-hydrogen) atoms. The molecule has 2 rings (SSSR count). The van der Waals surface area contributed by atoms with Gasteiger partial charge in [-0.3, -0.25) is 9.69 Å². The van der Waals surface area contributed by atoms with Gasteiger partial charge in [0.15, 0.2) is 0 Å². The zero-order valence-corrected chi connectivity index (χ0v) is 14.5. The largest absolute Gasteiger partial charge is 0.393 e. The monoisotopic (exact) mass is 404 g/mol. The van der Waals surface area contributed by atoms with Gasteiger partial charge in [-0.05, 0) is 69.3 Å². The van der Waals surface area contributed by atoms with Crippen molar-refractivity contribution in [2.24, 2.45) is 0 Å². The summed E-state index contributed by atoms with van der Waals surface area (Å²) in [5.74, 6) is -0.0355. The van der Waals surface area contributed by atoms with Crippen LogP contribution in [0.2, 0.25) is 0 Å². The first-order valence-electron chi connectivity index (χ1n) is 6.61. The number of nitrogens with one attached hydrogen (secondary N) is 1. The van der Waals surface area contributed by atoms with Gasteiger partial charge in [-0.15, -0.1) is 0 Å². The summed E-state index contributed by atoms with van der Waals surface area (Å²) in [6.45, 7) is 3.90. The molecule has 0 aromatic heterocycles. The number of carbonyl (C=O) groups excluding carboxylic acids is 1. The lowest BCUT2D eigenvalue weighted by atomic mass is 10.1. The van der Waals surface area contributed by atoms with E-state index in [4.69, 9.17) is 0 Å². The smallest absolute Gasteiger partial charge is 0.238 e. The lowest BCUT2D eigenvalue weighted by molar-refractivity contribution is -0.117. The standard InChI is InChI=1S/C14H18Br2N2O2/c1-9-6-11(15)14(12(16)7-9)17-13(20)8-18-4-2-10(19)3-5-18/h6-7,10,19H,2-5,8H2,1H3,(H,17,20). The predicted molar refractivity (Wildman–Crippen MR) is 86.9 cm³/mol. The van der Waals surface area contributed by atoms with Crippen LogP contribution in [0, 0.1) is 6.92 Å². The highest BCUT2D eigenvalue weighted by atomic mass is 79.9. The topological polar surface area (TPSA) is 52.6 Å². The fourth-order valence-electron chi connectivity index (χ4n) is 2.28. The molecule has 0 spiro atoms. The summed E-state index contributed by atoms with van der Waals surface area (Å²) in [6, 6.07) is 3.94. The van der Waals surface area contributed by atoms with Crippen molar-refractivity contribution in [1.29, 1.82) is 0 Å². The number of aryl methyl sites for hydroxylation is 1. The van der Waals surface area contributed by atoms with Crippen LogP contribution in [-0.4, -0.2) is 41.7 Å². The van der Waals surface area contributed by atoms with Gasteiger partial charge in [-0.1, -0.05) is 0 Å². The van der Waals surface area contributed by atoms with E-state index >= 15 is 0 Å². The third kappa shape index (κ3) is 4.28. The average molecular weight is 406 g/mol. The number of hydrogen-bond acceptors (Lipinski definition) is 3. The summed E-state index contributed by atoms with van der Waals surface area (Å²) in [5, 5.41) is 12.4. The van der Waals surface area contributed by atoms with Crippen molar-refractivity contribution in [3.05, 3.63) is 26.6 Å². The minimum absolute atomic E-state index is 0.0355. The Morgan fingerprint density at radius 3 is 2.45 bits per heavy atom. The number of benzene rings is 1. The van der Waals surface area contributed by atoms with Gasteiger partial charge in [-0.2, -0.15) is 0 Å². The normalized spacial score (nSPS) is 17.2. The van der Waals surface area contributed by atoms with E-state index in [1.807, 2.05) is 19.1 Å². The van der Waals surface area contributed by atoms with Gasteiger partial charge in [-0.25, -0.2) is 0 Å². The molecule has 110 valence electrons. The van der Waals surface area contributed by atoms with Crippen LogP contribution in [0.4, 0.5) is 5.69 Å². The number of aliphatic hydroxyl groups is 1. The van der Waals surface area contributed by atoms with E-state index in [1.165, 1.54) is 0 Å². The van der Waals surface area contributed by atoms with Gasteiger partial charge in [0.1, 0.15) is 0 Å². The van der Waals surface area contributed by atoms with Gasteiger partial charge < -0.3 is 10.4 Å². The molecule has 1 saturated heterocycles. The molecule has 2 N–H and O–H groups in total. The van der Waals surface area contributed by atoms with Crippen molar-refractivity contribution in [3.8, 4) is 0 Å². The van der Waals surface area contributed by atoms with Crippen LogP contribution in [0.3, 0.4) is 0 Å². The second-order valence-corrected chi connectivity index (χ2v) is 6.87. The maximum atomic E-state index is 12.1. The molecule has 4 nitrogen and oxygen atoms in total. The average Bonchev–Trinajstić information content (AvgIpc) is 2.36. The Kier molecular flexibility index (Phi) is 5.60. The Bertz CT molecular complexity index is 477. The Hall–Kier alpha value is -0.430. The Balaban J connectivity index is 1.95. The van der Waals surface area contributed by atoms with E-state index in [0.717, 1.165) is 46.1 Å². The second-order valence-electron chi connectivity index (χ2n) is 5.16. The predicted octanol–water partition coefficient (Wildman–Crippen LogP) is 2.92. The van der Waals surface area contributed by atoms with Crippen molar-refractivity contribution in [1.82, 2.24) is 4.90 Å². The quantitative estimate of drug-likeness (QED) is 0.812. The lowest BCUT2D eigenvalue weighted by Crippen LogP contribution is -2.40. The Morgan fingerprint density at radius 1 is 1.35 bits per heavy atom. The third-order valence-corrected chi connectivity index (χ3v) is 4.63. The van der Waals surface area contributed by atoms with E-state index in [0.29, 0.717) is 6.54 Å². The number of likely N-dealkylation sites (tertiary alicyclic amines) is 1. The van der Waals surface area contributed by atoms with Gasteiger partial charge in [0.2, 0.25) is 5.91 Å². The van der Waals surface area contributed by atoms with Crippen LogP contribution < -0.4 is 5.32 Å². The van der Waals surface area contributed by atoms with E-state index in [1.54, 1.807) is 0 Å². The molecule has 0 atom stereocenters. The highest BCUT2D eigenvalue weighted by Crippen LogP contribution is 2.32. The lowest BCUT2D eigenvalue weighted by Gasteiger charge is -2.28. The Morgan fingerprint density at radius 2 is 1.90 bits per heavy atom. The maximum absolute atomic E-state index is 12.1. The fourth-order valence-corrected chi connectivity index (χ4v) is 3.89. The van der Waals surface area contributed by atoms with Crippen LogP contribution >= 0.6 is 31.9 Å². The molecule has 1 aliphatic heterocycles. The van der Waals surface area contributed by atoms with Gasteiger partial charge in [0.05, 0.1) is 18.3 Å². The van der Waals surface area contributed by atoms with Crippen molar-refractivity contribution in [2.45, 2.75) is 25.9 Å². The summed E-state index contributed by atoms with van der Waals surface area (Å²) in [6.07, 6.45) is 1.27. The molecule has 6 heteroatoms. The van der Waals surface area contributed by atoms with Crippen LogP contribution in [0.5, 0.6) is 0 Å². The Labute approximate surface area is 135 Å². The van der Waals surface area contributed by atoms with E-state index in [-0.39, 0.29) is 12.0 Å². The number of rotatable bonds is 3. The number of carbonyl (C=O) groups is 1. The number of halogens is 2. The van der Waals surface area contributed by atoms with Gasteiger partial charge in [0, 0.05) is 22.0 Å². The number of piperidine rings is 1. The first-order valence-corrected chi connectivity index (χ1v) is 8.20. The molecule has 0 radical (unpaired) electrons. The van der Waals surface area contributed by atoms with Crippen LogP contribution in [0.15, 0.2) is 21.1 Å². The molecule has 1 aliphatic rings. The SMILES string of the molecule is Cc1cc(Br)c(NC(=O)CN2CCC(O)CC2)c(Br)c1. The number of aliphatic hydroxyl groups excluding tert-OH is 1. The molecule has 0 saturated carbocycles. The van der Waals surface area contributed by atoms with Crippen molar-refractivity contribution >= 4 is 43.5 Å². The van der Waals surface area contributed by atoms with Crippen LogP contribution in [-0.2, 0) is 4.79 Å². The molecule has 1 aromatic carbocycles. The van der Waals surface area contributed by atoms with E-state index in [9.17, 15) is 9.90 Å². The number of hydrogen-bond donors (Lipinski definition) is 2. The molecule has 1 heterocycles. The van der Waals surface area contributed by atoms with Gasteiger partial charge >= 0.3 is 0 Å². The highest BCUT2D eigenvalue weighted by Gasteiger charge is 2.19. The maximum Gasteiger partial charge on any atom is 0.238 e. The van der Waals surface area contributed by atoms with Gasteiger partial charge in [0.25, 0.3) is 0 Å². The zero-order valence-electron chi connectivity index (χ0n) is 11.3. The molecule has 1 amide bonds. The number of amides is 1. The summed E-state index contributed by atoms with van der Waals surface area (Å²) in [5.41, 5.74) is 1.88. The molecular weight excluding hydrogens is 388 g/mol. The summed E-state index contributed by atoms with van der Waals surface area (Å²) in [7, 11) is 0. The molecular formula is C14H18Br2N2O2. The first-order chi connectivity index (χ1) is 9.45. The third-order valence-electron chi connectivity index (χ3n) is 3.38. The minimum Gasteiger partial charge on any atom is -0.393 e. The summed E-state index contributed by atoms with van der Waals surface area (Å²) < 4.78 is 1.73. The molecule has 0 bridgehead atoms. The summed E-state index contributed by atoms with van der Waals surface area (Å²) >= 11 is 6.94. The van der Waals surface area contributed by atoms with Crippen LogP contribution in [0.25, 0.3) is 0 Å². The highest BCUT2D eigenvalue weighted by molar-refractivity contribution is 9.11. The molecule has 0 unspecified atom stereocenters. The zero-order chi connectivity index (χ0) is 14.7. The van der Waals surface area contributed by atoms with E-state index in [2.05, 4.69) is 42.1 Å². The fraction of sp³-hybridized carbons (Fsp3) is 0.500. The number of nitrogens with zero attached hydrogens (tertiary/aromatic N) is 1. The molecule has 1 fully saturated rings. The van der Waals surface area contributed by atoms with Crippen molar-refractivity contribution in [3.63, 3.8) is 0 Å². The molecule has 0 aliphatic carbocycles. The van der Waals surface area contributed by atoms with E-state index < -0.39 is 0 Å². The first kappa shape index (κ1) is 15.9.